The Hall–Kier alpha value is -1.56. The Labute approximate surface area is 175 Å². The summed E-state index contributed by atoms with van der Waals surface area (Å²) >= 11 is 0. The van der Waals surface area contributed by atoms with Crippen LogP contribution >= 0.6 is 23.5 Å². The number of aromatic nitrogens is 4. The highest BCUT2D eigenvalue weighted by molar-refractivity contribution is 7.60. The topological polar surface area (TPSA) is 299 Å². The standard InChI is InChI=1S/C10H16N5O14P3/c11-10-13-7-4(8(17)14-10)12-2-15(7)9-6(28-30(18,19)20)5(16)3(27-9)1-26-32(24,25)29-31(21,22)23/h2-3,5-6,9,16H,1H2,(H,24,25)(H2,18,19,20)(H2,21,22,23)(H3,11,13,14,17)/t3-,5-,6-,9-/m1/s1. The number of fused-ring (bicyclic) bond motifs is 1. The molecule has 0 aromatic carbocycles. The first kappa shape index (κ1) is 25.1. The maximum absolute atomic E-state index is 11.9. The first-order valence-electron chi connectivity index (χ1n) is 8.10. The van der Waals surface area contributed by atoms with Gasteiger partial charge in [0, 0.05) is 0 Å². The number of aliphatic hydroxyl groups excluding tert-OH is 1. The Morgan fingerprint density at radius 2 is 1.84 bits per heavy atom. The second-order valence-electron chi connectivity index (χ2n) is 6.23. The summed E-state index contributed by atoms with van der Waals surface area (Å²) in [6, 6.07) is 0. The van der Waals surface area contributed by atoms with Gasteiger partial charge in [-0.2, -0.15) is 9.29 Å². The van der Waals surface area contributed by atoms with Crippen LogP contribution in [0.25, 0.3) is 11.2 Å². The molecule has 9 N–H and O–H groups in total. The zero-order valence-electron chi connectivity index (χ0n) is 15.3. The van der Waals surface area contributed by atoms with Crippen molar-refractivity contribution in [3.63, 3.8) is 0 Å². The van der Waals surface area contributed by atoms with E-state index in [4.69, 9.17) is 30.0 Å². The van der Waals surface area contributed by atoms with Gasteiger partial charge in [-0.3, -0.25) is 23.4 Å². The molecule has 19 nitrogen and oxygen atoms in total. The minimum atomic E-state index is -5.43. The molecule has 0 bridgehead atoms. The molecule has 5 atom stereocenters. The first-order chi connectivity index (χ1) is 14.6. The summed E-state index contributed by atoms with van der Waals surface area (Å²) in [5, 5.41) is 10.4. The number of hydrogen-bond donors (Lipinski definition) is 8. The van der Waals surface area contributed by atoms with Gasteiger partial charge in [0.25, 0.3) is 5.56 Å². The zero-order chi connectivity index (χ0) is 24.1. The number of H-pyrrole nitrogens is 1. The van der Waals surface area contributed by atoms with Crippen LogP contribution in [0.3, 0.4) is 0 Å². The van der Waals surface area contributed by atoms with E-state index >= 15 is 0 Å². The van der Waals surface area contributed by atoms with Crippen LogP contribution in [0.5, 0.6) is 0 Å². The fourth-order valence-electron chi connectivity index (χ4n) is 2.81. The predicted octanol–water partition coefficient (Wildman–Crippen LogP) is -2.34. The third kappa shape index (κ3) is 5.86. The molecule has 32 heavy (non-hydrogen) atoms. The Bertz CT molecular complexity index is 1200. The van der Waals surface area contributed by atoms with E-state index in [9.17, 15) is 28.5 Å². The van der Waals surface area contributed by atoms with E-state index in [2.05, 4.69) is 28.3 Å². The Morgan fingerprint density at radius 1 is 1.19 bits per heavy atom. The maximum Gasteiger partial charge on any atom is 0.481 e. The molecular formula is C10H16N5O14P3. The number of rotatable bonds is 8. The Balaban J connectivity index is 1.92. The van der Waals surface area contributed by atoms with E-state index < -0.39 is 60.2 Å². The normalized spacial score (nSPS) is 26.4. The number of aromatic amines is 1. The van der Waals surface area contributed by atoms with Crippen LogP contribution in [-0.4, -0.2) is 74.0 Å². The zero-order valence-corrected chi connectivity index (χ0v) is 18.0. The fraction of sp³-hybridized carbons (Fsp3) is 0.500. The lowest BCUT2D eigenvalue weighted by Gasteiger charge is -2.22. The molecule has 1 unspecified atom stereocenters. The maximum atomic E-state index is 11.9. The molecule has 0 aliphatic carbocycles. The molecule has 180 valence electrons. The van der Waals surface area contributed by atoms with Crippen molar-refractivity contribution in [1.82, 2.24) is 19.5 Å². The van der Waals surface area contributed by atoms with Crippen molar-refractivity contribution in [3.05, 3.63) is 16.7 Å². The fourth-order valence-corrected chi connectivity index (χ4v) is 4.95. The summed E-state index contributed by atoms with van der Waals surface area (Å²) in [6.07, 6.45) is -6.08. The highest BCUT2D eigenvalue weighted by Crippen LogP contribution is 2.58. The molecular weight excluding hydrogens is 507 g/mol. The molecule has 1 fully saturated rings. The third-order valence-corrected chi connectivity index (χ3v) is 6.58. The van der Waals surface area contributed by atoms with Gasteiger partial charge in [0.1, 0.15) is 18.3 Å². The lowest BCUT2D eigenvalue weighted by Crippen LogP contribution is -2.35. The van der Waals surface area contributed by atoms with Crippen LogP contribution in [0, 0.1) is 0 Å². The summed E-state index contributed by atoms with van der Waals surface area (Å²) in [4.78, 5) is 66.6. The second-order valence-corrected chi connectivity index (χ2v) is 10.2. The molecule has 22 heteroatoms. The summed E-state index contributed by atoms with van der Waals surface area (Å²) in [7, 11) is -16.0. The number of ether oxygens (including phenoxy) is 1. The van der Waals surface area contributed by atoms with Crippen LogP contribution < -0.4 is 11.3 Å². The van der Waals surface area contributed by atoms with Gasteiger partial charge in [-0.25, -0.2) is 18.7 Å². The van der Waals surface area contributed by atoms with Gasteiger partial charge in [0.05, 0.1) is 12.9 Å². The van der Waals surface area contributed by atoms with Crippen molar-refractivity contribution in [2.24, 2.45) is 0 Å². The highest BCUT2D eigenvalue weighted by Gasteiger charge is 2.50. The van der Waals surface area contributed by atoms with E-state index in [0.717, 1.165) is 10.9 Å². The van der Waals surface area contributed by atoms with Gasteiger partial charge in [-0.05, 0) is 0 Å². The summed E-state index contributed by atoms with van der Waals surface area (Å²) in [6.45, 7) is -1.05. The number of nitrogens with one attached hydrogen (secondary N) is 1. The number of nitrogens with two attached hydrogens (primary N) is 1. The first-order valence-corrected chi connectivity index (χ1v) is 12.7. The molecule has 1 aliphatic rings. The monoisotopic (exact) mass is 523 g/mol. The van der Waals surface area contributed by atoms with Crippen molar-refractivity contribution in [3.8, 4) is 0 Å². The third-order valence-electron chi connectivity index (χ3n) is 3.91. The van der Waals surface area contributed by atoms with Crippen molar-refractivity contribution in [2.45, 2.75) is 24.5 Å². The molecule has 3 heterocycles. The average Bonchev–Trinajstić information content (AvgIpc) is 3.12. The van der Waals surface area contributed by atoms with Crippen LogP contribution in [0.1, 0.15) is 6.23 Å². The summed E-state index contributed by atoms with van der Waals surface area (Å²) in [5.41, 5.74) is 4.25. The average molecular weight is 523 g/mol. The van der Waals surface area contributed by atoms with Gasteiger partial charge in [0.2, 0.25) is 5.95 Å². The van der Waals surface area contributed by atoms with Crippen LogP contribution in [-0.2, 0) is 31.8 Å². The van der Waals surface area contributed by atoms with E-state index in [0.29, 0.717) is 0 Å². The van der Waals surface area contributed by atoms with E-state index in [1.165, 1.54) is 0 Å². The largest absolute Gasteiger partial charge is 0.481 e. The molecule has 0 radical (unpaired) electrons. The summed E-state index contributed by atoms with van der Waals surface area (Å²) < 4.78 is 52.6. The number of anilines is 1. The number of imidazole rings is 1. The molecule has 1 saturated heterocycles. The van der Waals surface area contributed by atoms with Crippen LogP contribution in [0.2, 0.25) is 0 Å². The molecule has 2 aromatic rings. The Kier molecular flexibility index (Phi) is 6.78. The van der Waals surface area contributed by atoms with Gasteiger partial charge < -0.3 is 40.0 Å². The minimum Gasteiger partial charge on any atom is -0.387 e. The van der Waals surface area contributed by atoms with E-state index in [-0.39, 0.29) is 17.1 Å². The number of phosphoric acid groups is 3. The van der Waals surface area contributed by atoms with E-state index in [1.807, 2.05) is 0 Å². The summed E-state index contributed by atoms with van der Waals surface area (Å²) in [5.74, 6) is -0.342. The number of hydrogen-bond acceptors (Lipinski definition) is 12. The SMILES string of the molecule is Nc1nc2c(ncn2[C@@H]2O[C@H](COP(=O)(O)OP(=O)(O)O)[C@@H](O)[C@H]2OP(=O)(O)O)c(=O)[nH]1. The number of nitrogen functional groups attached to an aromatic ring is 1. The van der Waals surface area contributed by atoms with Crippen molar-refractivity contribution in [2.75, 3.05) is 12.3 Å². The number of aliphatic hydroxyl groups is 1. The number of phosphoric ester groups is 2. The lowest BCUT2D eigenvalue weighted by atomic mass is 10.1. The molecule has 2 aromatic heterocycles. The predicted molar refractivity (Wildman–Crippen MR) is 98.3 cm³/mol. The quantitative estimate of drug-likeness (QED) is 0.168. The lowest BCUT2D eigenvalue weighted by molar-refractivity contribution is -0.0497. The highest BCUT2D eigenvalue weighted by atomic mass is 31.3. The van der Waals surface area contributed by atoms with Gasteiger partial charge in [-0.1, -0.05) is 0 Å². The minimum absolute atomic E-state index is 0.220. The molecule has 0 amide bonds. The molecule has 0 spiro atoms. The van der Waals surface area contributed by atoms with Gasteiger partial charge in [-0.15, -0.1) is 0 Å². The van der Waals surface area contributed by atoms with Crippen LogP contribution in [0.15, 0.2) is 11.1 Å². The number of nitrogens with zero attached hydrogens (tertiary/aromatic N) is 3. The van der Waals surface area contributed by atoms with Crippen molar-refractivity contribution in [1.29, 1.82) is 0 Å². The smallest absolute Gasteiger partial charge is 0.387 e. The van der Waals surface area contributed by atoms with Crippen LogP contribution in [0.4, 0.5) is 5.95 Å². The van der Waals surface area contributed by atoms with Gasteiger partial charge in [0.15, 0.2) is 17.4 Å². The van der Waals surface area contributed by atoms with Crippen molar-refractivity contribution >= 4 is 40.6 Å². The van der Waals surface area contributed by atoms with Crippen molar-refractivity contribution < 1.29 is 61.4 Å². The second kappa shape index (κ2) is 8.66. The van der Waals surface area contributed by atoms with Gasteiger partial charge >= 0.3 is 23.5 Å². The molecule has 0 saturated carbocycles. The van der Waals surface area contributed by atoms with E-state index in [1.54, 1.807) is 0 Å². The molecule has 1 aliphatic heterocycles. The molecule has 3 rings (SSSR count). The Morgan fingerprint density at radius 3 is 2.44 bits per heavy atom.